The minimum atomic E-state index is -0.581. The zero-order valence-corrected chi connectivity index (χ0v) is 13.2. The van der Waals surface area contributed by atoms with E-state index in [-0.39, 0.29) is 23.6 Å². The second-order valence-electron chi connectivity index (χ2n) is 4.07. The average Bonchev–Trinajstić information content (AvgIpc) is 2.89. The molecule has 1 aromatic carbocycles. The summed E-state index contributed by atoms with van der Waals surface area (Å²) in [4.78, 5) is 12.9. The molecule has 1 aromatic heterocycles. The second-order valence-corrected chi connectivity index (χ2v) is 5.98. The molecule has 0 spiro atoms. The molecule has 0 unspecified atom stereocenters. The van der Waals surface area contributed by atoms with Gasteiger partial charge >= 0.3 is 0 Å². The van der Waals surface area contributed by atoms with Crippen molar-refractivity contribution in [3.05, 3.63) is 55.9 Å². The Bertz CT molecular complexity index is 718. The van der Waals surface area contributed by atoms with E-state index in [1.165, 1.54) is 23.5 Å². The fourth-order valence-electron chi connectivity index (χ4n) is 1.61. The Morgan fingerprint density at radius 1 is 1.43 bits per heavy atom. The van der Waals surface area contributed by atoms with Crippen molar-refractivity contribution in [2.75, 3.05) is 6.61 Å². The molecule has 1 amide bonds. The van der Waals surface area contributed by atoms with Gasteiger partial charge in [0, 0.05) is 20.3 Å². The van der Waals surface area contributed by atoms with Crippen LogP contribution in [0.15, 0.2) is 34.1 Å². The third kappa shape index (κ3) is 4.39. The number of carbonyl (C=O) groups excluding carboxylic acids is 1. The molecule has 0 atom stereocenters. The maximum absolute atomic E-state index is 13.7. The second kappa shape index (κ2) is 7.36. The van der Waals surface area contributed by atoms with Crippen LogP contribution >= 0.6 is 27.3 Å². The van der Waals surface area contributed by atoms with Crippen molar-refractivity contribution in [3.63, 3.8) is 0 Å². The van der Waals surface area contributed by atoms with E-state index < -0.39 is 5.82 Å². The van der Waals surface area contributed by atoms with Crippen LogP contribution < -0.4 is 5.32 Å². The Labute approximate surface area is 133 Å². The van der Waals surface area contributed by atoms with Crippen LogP contribution in [-0.4, -0.2) is 17.6 Å². The number of amides is 1. The van der Waals surface area contributed by atoms with Crippen LogP contribution in [0.3, 0.4) is 0 Å². The molecule has 0 radical (unpaired) electrons. The summed E-state index contributed by atoms with van der Waals surface area (Å²) in [6.45, 7) is 0.0564. The molecule has 2 N–H and O–H groups in total. The summed E-state index contributed by atoms with van der Waals surface area (Å²) in [6.07, 6.45) is 0. The van der Waals surface area contributed by atoms with E-state index in [1.54, 1.807) is 0 Å². The van der Waals surface area contributed by atoms with Crippen molar-refractivity contribution >= 4 is 33.2 Å². The van der Waals surface area contributed by atoms with Gasteiger partial charge in [-0.1, -0.05) is 11.8 Å². The lowest BCUT2D eigenvalue weighted by Crippen LogP contribution is -2.22. The normalized spacial score (nSPS) is 9.86. The fourth-order valence-corrected chi connectivity index (χ4v) is 3.00. The number of hydrogen-bond acceptors (Lipinski definition) is 3. The summed E-state index contributed by atoms with van der Waals surface area (Å²) in [5.74, 6) is 3.92. The lowest BCUT2D eigenvalue weighted by Gasteiger charge is -2.04. The summed E-state index contributed by atoms with van der Waals surface area (Å²) < 4.78 is 14.7. The predicted molar refractivity (Wildman–Crippen MR) is 83.6 cm³/mol. The molecule has 6 heteroatoms. The first-order chi connectivity index (χ1) is 10.1. The highest BCUT2D eigenvalue weighted by atomic mass is 79.9. The third-order valence-electron chi connectivity index (χ3n) is 2.58. The van der Waals surface area contributed by atoms with Gasteiger partial charge in [-0.2, -0.15) is 0 Å². The van der Waals surface area contributed by atoms with Gasteiger partial charge in [0.15, 0.2) is 0 Å². The van der Waals surface area contributed by atoms with Crippen LogP contribution in [0.4, 0.5) is 4.39 Å². The molecule has 0 fully saturated rings. The van der Waals surface area contributed by atoms with E-state index >= 15 is 0 Å². The number of aliphatic hydroxyl groups is 1. The summed E-state index contributed by atoms with van der Waals surface area (Å²) in [5, 5.41) is 13.2. The van der Waals surface area contributed by atoms with E-state index in [1.807, 2.05) is 11.4 Å². The molecule has 2 rings (SSSR count). The molecule has 2 aromatic rings. The van der Waals surface area contributed by atoms with Crippen molar-refractivity contribution in [1.82, 2.24) is 5.32 Å². The third-order valence-corrected chi connectivity index (χ3v) is 4.28. The standard InChI is InChI=1S/C15H11BrFNO2S/c16-12-7-13(21-9-12)8-18-15(20)11-4-3-10(2-1-5-19)14(17)6-11/h3-4,6-7,9,19H,5,8H2,(H,18,20). The Kier molecular flexibility index (Phi) is 5.51. The van der Waals surface area contributed by atoms with Crippen LogP contribution in [0.2, 0.25) is 0 Å². The SMILES string of the molecule is O=C(NCc1cc(Br)cs1)c1ccc(C#CCO)c(F)c1. The molecule has 3 nitrogen and oxygen atoms in total. The lowest BCUT2D eigenvalue weighted by molar-refractivity contribution is 0.0951. The van der Waals surface area contributed by atoms with Crippen molar-refractivity contribution < 1.29 is 14.3 Å². The number of hydrogen-bond donors (Lipinski definition) is 2. The Morgan fingerprint density at radius 2 is 2.24 bits per heavy atom. The van der Waals surface area contributed by atoms with E-state index in [4.69, 9.17) is 5.11 Å². The highest BCUT2D eigenvalue weighted by molar-refractivity contribution is 9.10. The van der Waals surface area contributed by atoms with Crippen molar-refractivity contribution in [2.45, 2.75) is 6.54 Å². The first kappa shape index (κ1) is 15.7. The predicted octanol–water partition coefficient (Wildman–Crippen LogP) is 2.92. The molecule has 21 heavy (non-hydrogen) atoms. The first-order valence-corrected chi connectivity index (χ1v) is 7.68. The van der Waals surface area contributed by atoms with Crippen LogP contribution in [0.25, 0.3) is 0 Å². The maximum atomic E-state index is 13.7. The van der Waals surface area contributed by atoms with Gasteiger partial charge in [0.05, 0.1) is 12.1 Å². The summed E-state index contributed by atoms with van der Waals surface area (Å²) in [7, 11) is 0. The number of rotatable bonds is 3. The minimum Gasteiger partial charge on any atom is -0.384 e. The van der Waals surface area contributed by atoms with E-state index in [9.17, 15) is 9.18 Å². The zero-order chi connectivity index (χ0) is 15.2. The van der Waals surface area contributed by atoms with Gasteiger partial charge in [-0.05, 0) is 40.2 Å². The number of nitrogens with one attached hydrogen (secondary N) is 1. The van der Waals surface area contributed by atoms with Crippen molar-refractivity contribution in [1.29, 1.82) is 0 Å². The monoisotopic (exact) mass is 367 g/mol. The van der Waals surface area contributed by atoms with Gasteiger partial charge in [-0.25, -0.2) is 4.39 Å². The molecule has 0 aliphatic rings. The topological polar surface area (TPSA) is 49.3 Å². The Morgan fingerprint density at radius 3 is 2.86 bits per heavy atom. The van der Waals surface area contributed by atoms with Crippen molar-refractivity contribution in [2.24, 2.45) is 0 Å². The van der Waals surface area contributed by atoms with Crippen LogP contribution in [0, 0.1) is 17.7 Å². The summed E-state index contributed by atoms with van der Waals surface area (Å²) >= 11 is 4.86. The number of thiophene rings is 1. The van der Waals surface area contributed by atoms with Gasteiger partial charge in [0.2, 0.25) is 0 Å². The molecule has 1 heterocycles. The maximum Gasteiger partial charge on any atom is 0.251 e. The number of aliphatic hydroxyl groups excluding tert-OH is 1. The van der Waals surface area contributed by atoms with Crippen LogP contribution in [0.1, 0.15) is 20.8 Å². The van der Waals surface area contributed by atoms with E-state index in [0.29, 0.717) is 6.54 Å². The average molecular weight is 368 g/mol. The molecule has 108 valence electrons. The van der Waals surface area contributed by atoms with Crippen LogP contribution in [0.5, 0.6) is 0 Å². The minimum absolute atomic E-state index is 0.155. The zero-order valence-electron chi connectivity index (χ0n) is 10.8. The molecular formula is C15H11BrFNO2S. The Balaban J connectivity index is 2.04. The highest BCUT2D eigenvalue weighted by Crippen LogP contribution is 2.19. The van der Waals surface area contributed by atoms with Gasteiger partial charge in [0.25, 0.3) is 5.91 Å². The van der Waals surface area contributed by atoms with E-state index in [0.717, 1.165) is 15.4 Å². The lowest BCUT2D eigenvalue weighted by atomic mass is 10.1. The number of benzene rings is 1. The molecular weight excluding hydrogens is 357 g/mol. The van der Waals surface area contributed by atoms with Gasteiger partial charge in [-0.15, -0.1) is 11.3 Å². The van der Waals surface area contributed by atoms with Gasteiger partial charge < -0.3 is 10.4 Å². The molecule has 0 aliphatic heterocycles. The first-order valence-electron chi connectivity index (χ1n) is 6.00. The summed E-state index contributed by atoms with van der Waals surface area (Å²) in [6, 6.07) is 5.99. The molecule has 0 saturated heterocycles. The van der Waals surface area contributed by atoms with Crippen molar-refractivity contribution in [3.8, 4) is 11.8 Å². The number of carbonyl (C=O) groups is 1. The Hall–Kier alpha value is -1.68. The molecule has 0 aliphatic carbocycles. The van der Waals surface area contributed by atoms with Gasteiger partial charge in [-0.3, -0.25) is 4.79 Å². The summed E-state index contributed by atoms with van der Waals surface area (Å²) in [5.41, 5.74) is 0.389. The van der Waals surface area contributed by atoms with E-state index in [2.05, 4.69) is 33.1 Å². The number of halogens is 2. The smallest absolute Gasteiger partial charge is 0.251 e. The largest absolute Gasteiger partial charge is 0.384 e. The highest BCUT2D eigenvalue weighted by Gasteiger charge is 2.09. The quantitative estimate of drug-likeness (QED) is 0.819. The fraction of sp³-hybridized carbons (Fsp3) is 0.133. The molecule has 0 bridgehead atoms. The van der Waals surface area contributed by atoms with Gasteiger partial charge in [0.1, 0.15) is 12.4 Å². The molecule has 0 saturated carbocycles. The van der Waals surface area contributed by atoms with Crippen LogP contribution in [-0.2, 0) is 6.54 Å².